The molecule has 0 aromatic rings. The van der Waals surface area contributed by atoms with Crippen LogP contribution in [0.2, 0.25) is 0 Å². The second-order valence-corrected chi connectivity index (χ2v) is 5.38. The van der Waals surface area contributed by atoms with E-state index in [9.17, 15) is 5.11 Å². The number of hydrogen-bond acceptors (Lipinski definition) is 2. The lowest BCUT2D eigenvalue weighted by Gasteiger charge is -2.23. The third-order valence-corrected chi connectivity index (χ3v) is 4.10. The Morgan fingerprint density at radius 3 is 2.53 bits per heavy atom. The molecule has 2 unspecified atom stereocenters. The van der Waals surface area contributed by atoms with Crippen molar-refractivity contribution in [2.45, 2.75) is 51.6 Å². The molecule has 2 aliphatic carbocycles. The molecule has 0 amide bonds. The Morgan fingerprint density at radius 1 is 1.20 bits per heavy atom. The maximum absolute atomic E-state index is 9.75. The summed E-state index contributed by atoms with van der Waals surface area (Å²) in [6, 6.07) is 0. The summed E-state index contributed by atoms with van der Waals surface area (Å²) < 4.78 is 0. The third-order valence-electron chi connectivity index (χ3n) is 4.10. The monoisotopic (exact) mass is 211 g/mol. The molecule has 2 atom stereocenters. The van der Waals surface area contributed by atoms with Gasteiger partial charge < -0.3 is 10.0 Å². The molecular weight excluding hydrogens is 186 g/mol. The molecule has 0 bridgehead atoms. The molecule has 0 spiro atoms. The van der Waals surface area contributed by atoms with Crippen LogP contribution in [0.1, 0.15) is 45.4 Å². The van der Waals surface area contributed by atoms with Crippen LogP contribution in [-0.2, 0) is 0 Å². The van der Waals surface area contributed by atoms with E-state index in [-0.39, 0.29) is 6.10 Å². The van der Waals surface area contributed by atoms with Gasteiger partial charge in [0.2, 0.25) is 0 Å². The largest absolute Gasteiger partial charge is 0.393 e. The molecule has 0 aromatic heterocycles. The second-order valence-electron chi connectivity index (χ2n) is 5.38. The summed E-state index contributed by atoms with van der Waals surface area (Å²) in [6.07, 6.45) is 7.64. The number of nitrogens with zero attached hydrogens (tertiary/aromatic N) is 1. The number of aliphatic hydroxyl groups is 1. The van der Waals surface area contributed by atoms with Gasteiger partial charge in [-0.1, -0.05) is 13.3 Å². The predicted octanol–water partition coefficient (Wildman–Crippen LogP) is 2.27. The fourth-order valence-electron chi connectivity index (χ4n) is 2.75. The van der Waals surface area contributed by atoms with Crippen molar-refractivity contribution in [1.29, 1.82) is 0 Å². The van der Waals surface area contributed by atoms with E-state index in [1.165, 1.54) is 51.7 Å². The molecule has 2 rings (SSSR count). The molecule has 2 heteroatoms. The number of aliphatic hydroxyl groups excluding tert-OH is 1. The molecule has 88 valence electrons. The van der Waals surface area contributed by atoms with Gasteiger partial charge in [0.1, 0.15) is 0 Å². The van der Waals surface area contributed by atoms with Gasteiger partial charge in [0.05, 0.1) is 6.10 Å². The number of hydrogen-bond donors (Lipinski definition) is 1. The lowest BCUT2D eigenvalue weighted by molar-refractivity contribution is 0.118. The van der Waals surface area contributed by atoms with E-state index < -0.39 is 0 Å². The van der Waals surface area contributed by atoms with Crippen LogP contribution in [0.5, 0.6) is 0 Å². The van der Waals surface area contributed by atoms with Gasteiger partial charge in [-0.2, -0.15) is 0 Å². The van der Waals surface area contributed by atoms with Gasteiger partial charge in [-0.25, -0.2) is 0 Å². The van der Waals surface area contributed by atoms with Crippen molar-refractivity contribution in [3.8, 4) is 0 Å². The molecule has 0 heterocycles. The van der Waals surface area contributed by atoms with Crippen molar-refractivity contribution in [3.63, 3.8) is 0 Å². The summed E-state index contributed by atoms with van der Waals surface area (Å²) in [4.78, 5) is 2.57. The van der Waals surface area contributed by atoms with Gasteiger partial charge in [0, 0.05) is 6.54 Å². The highest BCUT2D eigenvalue weighted by atomic mass is 16.3. The van der Waals surface area contributed by atoms with Crippen molar-refractivity contribution in [1.82, 2.24) is 4.90 Å². The van der Waals surface area contributed by atoms with E-state index in [1.807, 2.05) is 0 Å². The average molecular weight is 211 g/mol. The van der Waals surface area contributed by atoms with Gasteiger partial charge in [0.25, 0.3) is 0 Å². The first-order valence-corrected chi connectivity index (χ1v) is 6.70. The Hall–Kier alpha value is -0.0800. The second kappa shape index (κ2) is 5.31. The normalized spacial score (nSPS) is 31.4. The average Bonchev–Trinajstić information content (AvgIpc) is 2.96. The van der Waals surface area contributed by atoms with Crippen LogP contribution in [0.25, 0.3) is 0 Å². The van der Waals surface area contributed by atoms with E-state index in [0.717, 1.165) is 12.3 Å². The maximum atomic E-state index is 9.75. The third kappa shape index (κ3) is 3.46. The van der Waals surface area contributed by atoms with E-state index in [2.05, 4.69) is 11.8 Å². The van der Waals surface area contributed by atoms with Crippen LogP contribution in [0.15, 0.2) is 0 Å². The highest BCUT2D eigenvalue weighted by Gasteiger charge is 2.27. The van der Waals surface area contributed by atoms with Crippen LogP contribution in [0.4, 0.5) is 0 Å². The van der Waals surface area contributed by atoms with Crippen molar-refractivity contribution in [2.24, 2.45) is 11.8 Å². The Morgan fingerprint density at radius 2 is 2.00 bits per heavy atom. The minimum absolute atomic E-state index is 0.00429. The minimum Gasteiger partial charge on any atom is -0.393 e. The van der Waals surface area contributed by atoms with E-state index >= 15 is 0 Å². The first-order valence-electron chi connectivity index (χ1n) is 6.70. The quantitative estimate of drug-likeness (QED) is 0.728. The Kier molecular flexibility index (Phi) is 4.04. The minimum atomic E-state index is 0.00429. The molecule has 0 aromatic carbocycles. The lowest BCUT2D eigenvalue weighted by atomic mass is 10.0. The Balaban J connectivity index is 1.65. The van der Waals surface area contributed by atoms with Gasteiger partial charge in [-0.15, -0.1) is 0 Å². The zero-order chi connectivity index (χ0) is 10.7. The maximum Gasteiger partial charge on any atom is 0.0568 e. The molecular formula is C13H25NO. The fourth-order valence-corrected chi connectivity index (χ4v) is 2.75. The topological polar surface area (TPSA) is 23.5 Å². The smallest absolute Gasteiger partial charge is 0.0568 e. The predicted molar refractivity (Wildman–Crippen MR) is 62.8 cm³/mol. The first-order chi connectivity index (χ1) is 7.29. The summed E-state index contributed by atoms with van der Waals surface area (Å²) in [5, 5.41) is 9.75. The summed E-state index contributed by atoms with van der Waals surface area (Å²) >= 11 is 0. The summed E-state index contributed by atoms with van der Waals surface area (Å²) in [6.45, 7) is 5.95. The molecule has 2 nitrogen and oxygen atoms in total. The molecule has 1 N–H and O–H groups in total. The summed E-state index contributed by atoms with van der Waals surface area (Å²) in [5.74, 6) is 1.59. The van der Waals surface area contributed by atoms with Gasteiger partial charge in [0.15, 0.2) is 0 Å². The van der Waals surface area contributed by atoms with Crippen LogP contribution in [0.3, 0.4) is 0 Å². The van der Waals surface area contributed by atoms with Gasteiger partial charge in [-0.05, 0) is 57.0 Å². The van der Waals surface area contributed by atoms with E-state index in [1.54, 1.807) is 0 Å². The molecule has 2 aliphatic rings. The molecule has 2 saturated carbocycles. The van der Waals surface area contributed by atoms with Gasteiger partial charge in [-0.3, -0.25) is 0 Å². The standard InChI is InChI=1S/C13H25NO/c1-2-14(10-11-6-7-11)9-8-12-4-3-5-13(12)15/h11-13,15H,2-10H2,1H3. The lowest BCUT2D eigenvalue weighted by Crippen LogP contribution is -2.29. The Labute approximate surface area is 93.7 Å². The summed E-state index contributed by atoms with van der Waals surface area (Å²) in [5.41, 5.74) is 0. The molecule has 0 radical (unpaired) electrons. The van der Waals surface area contributed by atoms with Crippen molar-refractivity contribution < 1.29 is 5.11 Å². The Bertz CT molecular complexity index is 191. The molecule has 2 fully saturated rings. The SMILES string of the molecule is CCN(CCC1CCCC1O)CC1CC1. The van der Waals surface area contributed by atoms with Crippen molar-refractivity contribution in [2.75, 3.05) is 19.6 Å². The van der Waals surface area contributed by atoms with Crippen LogP contribution in [0, 0.1) is 11.8 Å². The first kappa shape index (κ1) is 11.4. The zero-order valence-electron chi connectivity index (χ0n) is 9.99. The van der Waals surface area contributed by atoms with Crippen LogP contribution in [-0.4, -0.2) is 35.7 Å². The fraction of sp³-hybridized carbons (Fsp3) is 1.00. The van der Waals surface area contributed by atoms with E-state index in [4.69, 9.17) is 0 Å². The van der Waals surface area contributed by atoms with Crippen LogP contribution < -0.4 is 0 Å². The van der Waals surface area contributed by atoms with Crippen molar-refractivity contribution in [3.05, 3.63) is 0 Å². The van der Waals surface area contributed by atoms with Crippen LogP contribution >= 0.6 is 0 Å². The highest BCUT2D eigenvalue weighted by molar-refractivity contribution is 4.80. The molecule has 15 heavy (non-hydrogen) atoms. The molecule has 0 saturated heterocycles. The summed E-state index contributed by atoms with van der Waals surface area (Å²) in [7, 11) is 0. The highest BCUT2D eigenvalue weighted by Crippen LogP contribution is 2.31. The van der Waals surface area contributed by atoms with Gasteiger partial charge >= 0.3 is 0 Å². The zero-order valence-corrected chi connectivity index (χ0v) is 9.99. The number of rotatable bonds is 6. The molecule has 0 aliphatic heterocycles. The van der Waals surface area contributed by atoms with E-state index in [0.29, 0.717) is 5.92 Å². The van der Waals surface area contributed by atoms with Crippen molar-refractivity contribution >= 4 is 0 Å².